The fraction of sp³-hybridized carbons (Fsp3) is 0.526. The highest BCUT2D eigenvalue weighted by Gasteiger charge is 2.30. The number of aromatic nitrogens is 2. The van der Waals surface area contributed by atoms with E-state index in [9.17, 15) is 4.79 Å². The second-order valence-corrected chi connectivity index (χ2v) is 7.78. The molecule has 24 heavy (non-hydrogen) atoms. The molecular formula is C19H24N4O. The highest BCUT2D eigenvalue weighted by atomic mass is 16.2. The lowest BCUT2D eigenvalue weighted by Gasteiger charge is -2.30. The average molecular weight is 324 g/mol. The minimum atomic E-state index is -0.123. The van der Waals surface area contributed by atoms with E-state index in [1.807, 2.05) is 19.1 Å². The number of fused-ring (bicyclic) bond motifs is 1. The second-order valence-electron chi connectivity index (χ2n) is 7.78. The first-order valence-corrected chi connectivity index (χ1v) is 8.54. The van der Waals surface area contributed by atoms with Crippen LogP contribution in [0.3, 0.4) is 0 Å². The quantitative estimate of drug-likeness (QED) is 0.917. The number of hydrogen-bond acceptors (Lipinski definition) is 3. The lowest BCUT2D eigenvalue weighted by Crippen LogP contribution is -2.32. The zero-order valence-electron chi connectivity index (χ0n) is 14.8. The van der Waals surface area contributed by atoms with Crippen molar-refractivity contribution < 1.29 is 4.79 Å². The summed E-state index contributed by atoms with van der Waals surface area (Å²) in [5.74, 6) is 0.464. The fourth-order valence-electron chi connectivity index (χ4n) is 2.88. The zero-order chi connectivity index (χ0) is 17.5. The summed E-state index contributed by atoms with van der Waals surface area (Å²) >= 11 is 0. The van der Waals surface area contributed by atoms with Crippen molar-refractivity contribution in [2.24, 2.45) is 11.3 Å². The van der Waals surface area contributed by atoms with Crippen LogP contribution in [-0.4, -0.2) is 15.5 Å². The molecule has 1 saturated carbocycles. The van der Waals surface area contributed by atoms with Crippen LogP contribution in [0.1, 0.15) is 58.6 Å². The molecule has 2 aromatic rings. The monoisotopic (exact) mass is 324 g/mol. The van der Waals surface area contributed by atoms with Gasteiger partial charge in [-0.1, -0.05) is 27.7 Å². The van der Waals surface area contributed by atoms with E-state index in [2.05, 4.69) is 41.7 Å². The number of carbonyl (C=O) groups excluding carboxylic acids is 1. The van der Waals surface area contributed by atoms with Gasteiger partial charge in [-0.2, -0.15) is 5.26 Å². The Hall–Kier alpha value is -2.35. The molecular weight excluding hydrogens is 300 g/mol. The van der Waals surface area contributed by atoms with Crippen molar-refractivity contribution in [2.75, 3.05) is 5.32 Å². The lowest BCUT2D eigenvalue weighted by atomic mass is 9.81. The second kappa shape index (κ2) is 5.94. The van der Waals surface area contributed by atoms with Crippen molar-refractivity contribution in [1.82, 2.24) is 9.55 Å². The van der Waals surface area contributed by atoms with E-state index in [-0.39, 0.29) is 17.2 Å². The Bertz CT molecular complexity index is 818. The molecule has 5 nitrogen and oxygen atoms in total. The van der Waals surface area contributed by atoms with E-state index in [1.54, 1.807) is 6.07 Å². The number of anilines is 1. The lowest BCUT2D eigenvalue weighted by molar-refractivity contribution is -0.122. The SMILES string of the molecule is C[C@H](C(=O)Nc1nc2ccc(C#N)cc2n1C1CCC1)C(C)(C)C. The summed E-state index contributed by atoms with van der Waals surface area (Å²) in [6.07, 6.45) is 3.36. The van der Waals surface area contributed by atoms with Crippen LogP contribution in [0.5, 0.6) is 0 Å². The van der Waals surface area contributed by atoms with Crippen LogP contribution in [0.4, 0.5) is 5.95 Å². The Kier molecular flexibility index (Phi) is 4.08. The van der Waals surface area contributed by atoms with Crippen LogP contribution >= 0.6 is 0 Å². The van der Waals surface area contributed by atoms with E-state index in [0.29, 0.717) is 17.6 Å². The number of carbonyl (C=O) groups is 1. The van der Waals surface area contributed by atoms with Gasteiger partial charge in [-0.25, -0.2) is 4.98 Å². The maximum atomic E-state index is 12.6. The predicted octanol–water partition coefficient (Wildman–Crippen LogP) is 4.25. The molecule has 3 rings (SSSR count). The van der Waals surface area contributed by atoms with E-state index < -0.39 is 0 Å². The Labute approximate surface area is 142 Å². The fourth-order valence-corrected chi connectivity index (χ4v) is 2.88. The molecule has 1 heterocycles. The Balaban J connectivity index is 2.01. The molecule has 1 aliphatic carbocycles. The Morgan fingerprint density at radius 1 is 1.42 bits per heavy atom. The molecule has 1 amide bonds. The molecule has 0 saturated heterocycles. The molecule has 1 aromatic carbocycles. The van der Waals surface area contributed by atoms with Crippen LogP contribution in [0.2, 0.25) is 0 Å². The van der Waals surface area contributed by atoms with Crippen molar-refractivity contribution in [2.45, 2.75) is 53.0 Å². The molecule has 0 bridgehead atoms. The van der Waals surface area contributed by atoms with Crippen LogP contribution < -0.4 is 5.32 Å². The smallest absolute Gasteiger partial charge is 0.230 e. The third-order valence-corrected chi connectivity index (χ3v) is 5.19. The summed E-state index contributed by atoms with van der Waals surface area (Å²) in [6, 6.07) is 8.02. The normalized spacial score (nSPS) is 16.5. The molecule has 1 N–H and O–H groups in total. The van der Waals surface area contributed by atoms with Gasteiger partial charge >= 0.3 is 0 Å². The van der Waals surface area contributed by atoms with Crippen LogP contribution in [0, 0.1) is 22.7 Å². The van der Waals surface area contributed by atoms with Crippen LogP contribution in [0.25, 0.3) is 11.0 Å². The van der Waals surface area contributed by atoms with Crippen molar-refractivity contribution >= 4 is 22.9 Å². The van der Waals surface area contributed by atoms with E-state index in [1.165, 1.54) is 6.42 Å². The summed E-state index contributed by atoms with van der Waals surface area (Å²) in [6.45, 7) is 8.13. The number of hydrogen-bond donors (Lipinski definition) is 1. The number of rotatable bonds is 3. The number of amides is 1. The van der Waals surface area contributed by atoms with Gasteiger partial charge in [-0.3, -0.25) is 10.1 Å². The number of imidazole rings is 1. The predicted molar refractivity (Wildman–Crippen MR) is 94.6 cm³/mol. The first-order valence-electron chi connectivity index (χ1n) is 8.54. The Morgan fingerprint density at radius 3 is 2.67 bits per heavy atom. The van der Waals surface area contributed by atoms with E-state index in [0.717, 1.165) is 23.9 Å². The van der Waals surface area contributed by atoms with Gasteiger partial charge in [0.25, 0.3) is 0 Å². The van der Waals surface area contributed by atoms with E-state index in [4.69, 9.17) is 5.26 Å². The van der Waals surface area contributed by atoms with Gasteiger partial charge in [0.15, 0.2) is 0 Å². The molecule has 0 aliphatic heterocycles. The Morgan fingerprint density at radius 2 is 2.12 bits per heavy atom. The minimum Gasteiger partial charge on any atom is -0.307 e. The summed E-state index contributed by atoms with van der Waals surface area (Å²) in [5, 5.41) is 12.2. The van der Waals surface area contributed by atoms with Gasteiger partial charge in [0.1, 0.15) is 0 Å². The molecule has 1 atom stereocenters. The molecule has 0 spiro atoms. The highest BCUT2D eigenvalue weighted by Crippen LogP contribution is 2.37. The summed E-state index contributed by atoms with van der Waals surface area (Å²) in [7, 11) is 0. The van der Waals surface area contributed by atoms with Crippen molar-refractivity contribution in [3.8, 4) is 6.07 Å². The van der Waals surface area contributed by atoms with E-state index >= 15 is 0 Å². The van der Waals surface area contributed by atoms with Crippen LogP contribution in [-0.2, 0) is 4.79 Å². The van der Waals surface area contributed by atoms with Gasteiger partial charge in [0.2, 0.25) is 11.9 Å². The zero-order valence-corrected chi connectivity index (χ0v) is 14.8. The van der Waals surface area contributed by atoms with Gasteiger partial charge in [-0.05, 0) is 42.9 Å². The third-order valence-electron chi connectivity index (χ3n) is 5.19. The topological polar surface area (TPSA) is 70.7 Å². The molecule has 1 aliphatic rings. The maximum absolute atomic E-state index is 12.6. The average Bonchev–Trinajstić information content (AvgIpc) is 2.81. The summed E-state index contributed by atoms with van der Waals surface area (Å²) < 4.78 is 2.10. The van der Waals surface area contributed by atoms with Crippen LogP contribution in [0.15, 0.2) is 18.2 Å². The summed E-state index contributed by atoms with van der Waals surface area (Å²) in [4.78, 5) is 17.2. The standard InChI is InChI=1S/C19H24N4O/c1-12(19(2,3)4)17(24)22-18-21-15-9-8-13(11-20)10-16(15)23(18)14-6-5-7-14/h8-10,12,14H,5-7H2,1-4H3,(H,21,22,24)/t12-/m1/s1. The highest BCUT2D eigenvalue weighted by molar-refractivity contribution is 5.93. The minimum absolute atomic E-state index is 0.0149. The largest absolute Gasteiger partial charge is 0.307 e. The third kappa shape index (κ3) is 2.89. The molecule has 0 radical (unpaired) electrons. The van der Waals surface area contributed by atoms with Gasteiger partial charge in [0, 0.05) is 12.0 Å². The number of nitrogens with one attached hydrogen (secondary N) is 1. The molecule has 1 fully saturated rings. The molecule has 0 unspecified atom stereocenters. The summed E-state index contributed by atoms with van der Waals surface area (Å²) in [5.41, 5.74) is 2.26. The number of nitriles is 1. The van der Waals surface area contributed by atoms with Crippen molar-refractivity contribution in [3.63, 3.8) is 0 Å². The maximum Gasteiger partial charge on any atom is 0.230 e. The molecule has 5 heteroatoms. The number of nitrogens with zero attached hydrogens (tertiary/aromatic N) is 3. The number of benzene rings is 1. The van der Waals surface area contributed by atoms with Gasteiger partial charge < -0.3 is 4.57 Å². The van der Waals surface area contributed by atoms with Gasteiger partial charge in [0.05, 0.1) is 22.7 Å². The first-order chi connectivity index (χ1) is 11.3. The molecule has 126 valence electrons. The van der Waals surface area contributed by atoms with Gasteiger partial charge in [-0.15, -0.1) is 0 Å². The first kappa shape index (κ1) is 16.5. The van der Waals surface area contributed by atoms with Crippen molar-refractivity contribution in [3.05, 3.63) is 23.8 Å². The molecule has 1 aromatic heterocycles. The van der Waals surface area contributed by atoms with Crippen molar-refractivity contribution in [1.29, 1.82) is 5.26 Å².